The van der Waals surface area contributed by atoms with Crippen molar-refractivity contribution in [1.29, 1.82) is 0 Å². The average Bonchev–Trinajstić information content (AvgIpc) is 2.56. The standard InChI is InChI=1S/C14H22N4O/c1-17(2)8-9-18-11-5-3-4-10-19-13(11)12-14(18)16-7-6-15-12/h3-10H2,1-2H3. The van der Waals surface area contributed by atoms with Gasteiger partial charge in [-0.2, -0.15) is 0 Å². The zero-order valence-electron chi connectivity index (χ0n) is 11.9. The summed E-state index contributed by atoms with van der Waals surface area (Å²) < 4.78 is 8.28. The summed E-state index contributed by atoms with van der Waals surface area (Å²) in [5.74, 6) is 1.01. The van der Waals surface area contributed by atoms with Crippen LogP contribution in [0.1, 0.15) is 18.5 Å². The number of likely N-dealkylation sites (N-methyl/N-ethyl adjacent to an activating group) is 1. The first-order chi connectivity index (χ1) is 9.27. The molecular weight excluding hydrogens is 240 g/mol. The molecule has 0 aliphatic carbocycles. The molecule has 1 aromatic rings. The molecule has 0 unspecified atom stereocenters. The number of fused-ring (bicyclic) bond motifs is 3. The van der Waals surface area contributed by atoms with E-state index in [1.54, 1.807) is 0 Å². The fraction of sp³-hybridized carbons (Fsp3) is 0.714. The lowest BCUT2D eigenvalue weighted by Gasteiger charge is -2.13. The van der Waals surface area contributed by atoms with Gasteiger partial charge < -0.3 is 14.2 Å². The minimum atomic E-state index is 0.792. The summed E-state index contributed by atoms with van der Waals surface area (Å²) in [6, 6.07) is 0. The first-order valence-corrected chi connectivity index (χ1v) is 7.15. The van der Waals surface area contributed by atoms with Crippen molar-refractivity contribution < 1.29 is 4.74 Å². The Labute approximate surface area is 113 Å². The molecular formula is C14H22N4O. The van der Waals surface area contributed by atoms with E-state index in [1.165, 1.54) is 12.1 Å². The smallest absolute Gasteiger partial charge is 0.167 e. The third kappa shape index (κ3) is 2.39. The van der Waals surface area contributed by atoms with Gasteiger partial charge in [-0.1, -0.05) is 0 Å². The van der Waals surface area contributed by atoms with Crippen LogP contribution in [0.4, 0.5) is 0 Å². The van der Waals surface area contributed by atoms with Gasteiger partial charge in [0, 0.05) is 13.1 Å². The van der Waals surface area contributed by atoms with Crippen molar-refractivity contribution in [3.8, 4) is 5.75 Å². The Balaban J connectivity index is 2.09. The Morgan fingerprint density at radius 2 is 2.05 bits per heavy atom. The maximum atomic E-state index is 5.95. The summed E-state index contributed by atoms with van der Waals surface area (Å²) in [6.45, 7) is 4.39. The van der Waals surface area contributed by atoms with Crippen LogP contribution in [0.3, 0.4) is 0 Å². The van der Waals surface area contributed by atoms with Gasteiger partial charge in [-0.25, -0.2) is 0 Å². The van der Waals surface area contributed by atoms with Gasteiger partial charge in [0.1, 0.15) is 5.36 Å². The molecule has 1 aromatic heterocycles. The van der Waals surface area contributed by atoms with Crippen molar-refractivity contribution in [2.45, 2.75) is 25.8 Å². The molecule has 0 atom stereocenters. The monoisotopic (exact) mass is 262 g/mol. The molecule has 2 aliphatic heterocycles. The maximum absolute atomic E-state index is 5.95. The molecule has 0 bridgehead atoms. The Hall–Kier alpha value is -1.36. The van der Waals surface area contributed by atoms with E-state index in [9.17, 15) is 0 Å². The highest BCUT2D eigenvalue weighted by molar-refractivity contribution is 5.30. The van der Waals surface area contributed by atoms with Crippen molar-refractivity contribution in [3.63, 3.8) is 0 Å². The average molecular weight is 262 g/mol. The van der Waals surface area contributed by atoms with Crippen molar-refractivity contribution in [1.82, 2.24) is 9.47 Å². The summed E-state index contributed by atoms with van der Waals surface area (Å²) in [5.41, 5.74) is 2.35. The van der Waals surface area contributed by atoms with Crippen LogP contribution >= 0.6 is 0 Å². The van der Waals surface area contributed by atoms with Gasteiger partial charge in [-0.15, -0.1) is 0 Å². The molecule has 5 heteroatoms. The van der Waals surface area contributed by atoms with Crippen LogP contribution in [0.15, 0.2) is 9.98 Å². The molecule has 3 heterocycles. The second-order valence-corrected chi connectivity index (χ2v) is 5.47. The number of hydrogen-bond acceptors (Lipinski definition) is 4. The molecule has 0 fully saturated rings. The molecule has 0 saturated carbocycles. The molecule has 0 amide bonds. The van der Waals surface area contributed by atoms with Crippen LogP contribution in [-0.2, 0) is 13.0 Å². The Bertz CT molecular complexity index is 573. The van der Waals surface area contributed by atoms with Crippen molar-refractivity contribution in [2.24, 2.45) is 9.98 Å². The van der Waals surface area contributed by atoms with Gasteiger partial charge in [0.25, 0.3) is 0 Å². The lowest BCUT2D eigenvalue weighted by atomic mass is 10.2. The quantitative estimate of drug-likeness (QED) is 0.770. The molecule has 5 nitrogen and oxygen atoms in total. The van der Waals surface area contributed by atoms with E-state index >= 15 is 0 Å². The Kier molecular flexibility index (Phi) is 3.55. The highest BCUT2D eigenvalue weighted by atomic mass is 16.5. The highest BCUT2D eigenvalue weighted by Gasteiger charge is 2.21. The van der Waals surface area contributed by atoms with Gasteiger partial charge in [-0.05, 0) is 33.4 Å². The number of ether oxygens (including phenoxy) is 1. The number of aromatic nitrogens is 1. The van der Waals surface area contributed by atoms with E-state index in [2.05, 4.69) is 33.5 Å². The van der Waals surface area contributed by atoms with E-state index in [1.807, 2.05) is 0 Å². The van der Waals surface area contributed by atoms with Gasteiger partial charge in [-0.3, -0.25) is 9.98 Å². The normalized spacial score (nSPS) is 17.8. The molecule has 0 radical (unpaired) electrons. The molecule has 0 spiro atoms. The molecule has 104 valence electrons. The van der Waals surface area contributed by atoms with Crippen LogP contribution in [0.2, 0.25) is 0 Å². The Morgan fingerprint density at radius 3 is 2.89 bits per heavy atom. The largest absolute Gasteiger partial charge is 0.489 e. The van der Waals surface area contributed by atoms with Gasteiger partial charge >= 0.3 is 0 Å². The maximum Gasteiger partial charge on any atom is 0.167 e. The minimum absolute atomic E-state index is 0.792. The molecule has 0 N–H and O–H groups in total. The second kappa shape index (κ2) is 5.33. The molecule has 3 rings (SSSR count). The predicted molar refractivity (Wildman–Crippen MR) is 73.5 cm³/mol. The number of hydrogen-bond donors (Lipinski definition) is 0. The summed E-state index contributed by atoms with van der Waals surface area (Å²) in [6.07, 6.45) is 3.41. The zero-order chi connectivity index (χ0) is 13.2. The van der Waals surface area contributed by atoms with Gasteiger partial charge in [0.15, 0.2) is 11.2 Å². The number of nitrogens with zero attached hydrogens (tertiary/aromatic N) is 4. The first-order valence-electron chi connectivity index (χ1n) is 7.15. The number of rotatable bonds is 3. The van der Waals surface area contributed by atoms with Crippen LogP contribution in [0.25, 0.3) is 0 Å². The van der Waals surface area contributed by atoms with Crippen LogP contribution in [-0.4, -0.2) is 49.8 Å². The van der Waals surface area contributed by atoms with E-state index < -0.39 is 0 Å². The first kappa shape index (κ1) is 12.7. The van der Waals surface area contributed by atoms with Gasteiger partial charge in [0.2, 0.25) is 0 Å². The zero-order valence-corrected chi connectivity index (χ0v) is 11.9. The summed E-state index contributed by atoms with van der Waals surface area (Å²) in [5, 5.41) is 1.00. The Morgan fingerprint density at radius 1 is 1.21 bits per heavy atom. The fourth-order valence-electron chi connectivity index (χ4n) is 2.75. The van der Waals surface area contributed by atoms with E-state index in [0.717, 1.165) is 62.2 Å². The molecule has 0 aromatic carbocycles. The summed E-state index contributed by atoms with van der Waals surface area (Å²) in [7, 11) is 4.21. The van der Waals surface area contributed by atoms with Crippen LogP contribution < -0.4 is 15.6 Å². The molecule has 19 heavy (non-hydrogen) atoms. The van der Waals surface area contributed by atoms with Gasteiger partial charge in [0.05, 0.1) is 25.4 Å². The second-order valence-electron chi connectivity index (χ2n) is 5.47. The fourth-order valence-corrected chi connectivity index (χ4v) is 2.75. The highest BCUT2D eigenvalue weighted by Crippen LogP contribution is 2.20. The van der Waals surface area contributed by atoms with Crippen molar-refractivity contribution >= 4 is 0 Å². The minimum Gasteiger partial charge on any atom is -0.489 e. The third-order valence-electron chi connectivity index (χ3n) is 3.73. The van der Waals surface area contributed by atoms with Crippen LogP contribution in [0.5, 0.6) is 5.75 Å². The van der Waals surface area contributed by atoms with E-state index in [0.29, 0.717) is 0 Å². The lowest BCUT2D eigenvalue weighted by molar-refractivity contribution is 0.313. The molecule has 0 saturated heterocycles. The summed E-state index contributed by atoms with van der Waals surface area (Å²) in [4.78, 5) is 11.5. The van der Waals surface area contributed by atoms with Crippen LogP contribution in [0, 0.1) is 0 Å². The predicted octanol–water partition coefficient (Wildman–Crippen LogP) is 0.0176. The van der Waals surface area contributed by atoms with E-state index in [-0.39, 0.29) is 0 Å². The van der Waals surface area contributed by atoms with E-state index in [4.69, 9.17) is 4.74 Å². The lowest BCUT2D eigenvalue weighted by Crippen LogP contribution is -2.36. The topological polar surface area (TPSA) is 42.1 Å². The van der Waals surface area contributed by atoms with Crippen molar-refractivity contribution in [3.05, 3.63) is 16.5 Å². The molecule has 2 aliphatic rings. The third-order valence-corrected chi connectivity index (χ3v) is 3.73. The summed E-state index contributed by atoms with van der Waals surface area (Å²) >= 11 is 0. The van der Waals surface area contributed by atoms with Crippen molar-refractivity contribution in [2.75, 3.05) is 40.3 Å². The SMILES string of the molecule is CN(C)CCn1c2c(c3c1=NCCN=3)OCCCC2.